The quantitative estimate of drug-likeness (QED) is 0.851. The smallest absolute Gasteiger partial charge is 0.223 e. The lowest BCUT2D eigenvalue weighted by molar-refractivity contribution is -0.132. The van der Waals surface area contributed by atoms with Gasteiger partial charge in [0.2, 0.25) is 5.91 Å². The lowest BCUT2D eigenvalue weighted by Crippen LogP contribution is -2.47. The Bertz CT molecular complexity index is 613. The van der Waals surface area contributed by atoms with Crippen LogP contribution in [0.4, 0.5) is 0 Å². The van der Waals surface area contributed by atoms with Gasteiger partial charge in [0.05, 0.1) is 16.8 Å². The highest BCUT2D eigenvalue weighted by Crippen LogP contribution is 2.22. The largest absolute Gasteiger partial charge is 0.340 e. The van der Waals surface area contributed by atoms with Gasteiger partial charge in [-0.3, -0.25) is 9.69 Å². The molecular formula is C16H24Cl2N4OS. The van der Waals surface area contributed by atoms with E-state index in [2.05, 4.69) is 28.3 Å². The highest BCUT2D eigenvalue weighted by atomic mass is 35.5. The zero-order chi connectivity index (χ0) is 15.4. The number of rotatable bonds is 5. The van der Waals surface area contributed by atoms with Gasteiger partial charge in [0.1, 0.15) is 5.01 Å². The van der Waals surface area contributed by atoms with E-state index in [-0.39, 0.29) is 30.7 Å². The monoisotopic (exact) mass is 390 g/mol. The molecule has 0 atom stereocenters. The molecule has 0 unspecified atom stereocenters. The van der Waals surface area contributed by atoms with Gasteiger partial charge in [-0.1, -0.05) is 12.1 Å². The number of thiazole rings is 1. The molecule has 1 aliphatic rings. The summed E-state index contributed by atoms with van der Waals surface area (Å²) in [5, 5.41) is 4.38. The van der Waals surface area contributed by atoms with E-state index in [4.69, 9.17) is 0 Å². The van der Waals surface area contributed by atoms with Gasteiger partial charge >= 0.3 is 0 Å². The van der Waals surface area contributed by atoms with Gasteiger partial charge in [0, 0.05) is 39.1 Å². The van der Waals surface area contributed by atoms with Crippen molar-refractivity contribution in [2.75, 3.05) is 39.8 Å². The van der Waals surface area contributed by atoms with E-state index in [1.165, 1.54) is 4.70 Å². The van der Waals surface area contributed by atoms with Crippen LogP contribution in [-0.4, -0.2) is 60.5 Å². The van der Waals surface area contributed by atoms with Crippen LogP contribution in [-0.2, 0) is 11.3 Å². The lowest BCUT2D eigenvalue weighted by atomic mass is 10.3. The second kappa shape index (κ2) is 10.2. The maximum atomic E-state index is 12.2. The molecule has 1 amide bonds. The number of amides is 1. The van der Waals surface area contributed by atoms with Gasteiger partial charge in [-0.15, -0.1) is 36.2 Å². The van der Waals surface area contributed by atoms with Crippen LogP contribution in [0.2, 0.25) is 0 Å². The number of fused-ring (bicyclic) bond motifs is 1. The van der Waals surface area contributed by atoms with Crippen LogP contribution in [0.25, 0.3) is 10.2 Å². The molecule has 0 radical (unpaired) electrons. The Balaban J connectivity index is 0.00000144. The first-order valence-electron chi connectivity index (χ1n) is 7.74. The summed E-state index contributed by atoms with van der Waals surface area (Å²) >= 11 is 1.73. The molecule has 1 saturated heterocycles. The highest BCUT2D eigenvalue weighted by Gasteiger charge is 2.16. The number of para-hydroxylation sites is 1. The summed E-state index contributed by atoms with van der Waals surface area (Å²) in [7, 11) is 2.05. The van der Waals surface area contributed by atoms with Gasteiger partial charge in [-0.2, -0.15) is 0 Å². The minimum Gasteiger partial charge on any atom is -0.340 e. The van der Waals surface area contributed by atoms with Gasteiger partial charge in [0.25, 0.3) is 0 Å². The predicted octanol–water partition coefficient (Wildman–Crippen LogP) is 2.39. The number of halogens is 2. The van der Waals surface area contributed by atoms with Crippen LogP contribution in [0.1, 0.15) is 11.4 Å². The van der Waals surface area contributed by atoms with Crippen molar-refractivity contribution in [3.05, 3.63) is 29.3 Å². The fraction of sp³-hybridized carbons (Fsp3) is 0.500. The maximum Gasteiger partial charge on any atom is 0.223 e. The van der Waals surface area contributed by atoms with Crippen LogP contribution < -0.4 is 5.32 Å². The summed E-state index contributed by atoms with van der Waals surface area (Å²) in [4.78, 5) is 20.9. The molecule has 1 aliphatic heterocycles. The van der Waals surface area contributed by atoms with Crippen LogP contribution >= 0.6 is 36.2 Å². The Morgan fingerprint density at radius 3 is 2.71 bits per heavy atom. The van der Waals surface area contributed by atoms with Crippen molar-refractivity contribution in [3.63, 3.8) is 0 Å². The second-order valence-electron chi connectivity index (χ2n) is 5.69. The highest BCUT2D eigenvalue weighted by molar-refractivity contribution is 7.18. The van der Waals surface area contributed by atoms with Gasteiger partial charge in [-0.05, 0) is 19.2 Å². The normalized spacial score (nSPS) is 14.3. The molecule has 1 N–H and O–H groups in total. The first kappa shape index (κ1) is 21.1. The van der Waals surface area contributed by atoms with E-state index < -0.39 is 0 Å². The Morgan fingerprint density at radius 2 is 2.00 bits per heavy atom. The van der Waals surface area contributed by atoms with Crippen LogP contribution in [0.15, 0.2) is 24.3 Å². The van der Waals surface area contributed by atoms with E-state index in [9.17, 15) is 4.79 Å². The zero-order valence-electron chi connectivity index (χ0n) is 13.7. The number of nitrogens with zero attached hydrogens (tertiary/aromatic N) is 3. The van der Waals surface area contributed by atoms with Crippen LogP contribution in [0.3, 0.4) is 0 Å². The van der Waals surface area contributed by atoms with Gasteiger partial charge < -0.3 is 10.2 Å². The number of piperazine rings is 1. The van der Waals surface area contributed by atoms with Crippen molar-refractivity contribution in [1.82, 2.24) is 20.1 Å². The predicted molar refractivity (Wildman–Crippen MR) is 105 cm³/mol. The Labute approximate surface area is 159 Å². The first-order valence-corrected chi connectivity index (χ1v) is 8.55. The zero-order valence-corrected chi connectivity index (χ0v) is 16.2. The van der Waals surface area contributed by atoms with E-state index in [0.717, 1.165) is 49.8 Å². The topological polar surface area (TPSA) is 48.5 Å². The summed E-state index contributed by atoms with van der Waals surface area (Å²) < 4.78 is 1.22. The fourth-order valence-corrected chi connectivity index (χ4v) is 3.70. The summed E-state index contributed by atoms with van der Waals surface area (Å²) in [6.45, 7) is 5.06. The molecule has 1 aromatic heterocycles. The van der Waals surface area contributed by atoms with E-state index in [1.807, 2.05) is 23.1 Å². The molecule has 0 saturated carbocycles. The number of nitrogens with one attached hydrogen (secondary N) is 1. The van der Waals surface area contributed by atoms with Crippen molar-refractivity contribution in [2.45, 2.75) is 13.0 Å². The molecule has 8 heteroatoms. The standard InChI is InChI=1S/C16H22N4OS.2ClH/c1-19(9-6-16(21)20-10-7-17-8-11-20)12-15-18-13-4-2-3-5-14(13)22-15;;/h2-5,17H,6-12H2,1H3;2*1H. The van der Waals surface area contributed by atoms with Crippen molar-refractivity contribution in [1.29, 1.82) is 0 Å². The van der Waals surface area contributed by atoms with Crippen molar-refractivity contribution in [3.8, 4) is 0 Å². The molecule has 2 aromatic rings. The molecule has 3 rings (SSSR count). The average Bonchev–Trinajstić information content (AvgIpc) is 2.95. The maximum absolute atomic E-state index is 12.2. The summed E-state index contributed by atoms with van der Waals surface area (Å²) in [5.41, 5.74) is 1.06. The van der Waals surface area contributed by atoms with E-state index in [0.29, 0.717) is 6.42 Å². The van der Waals surface area contributed by atoms with Crippen LogP contribution in [0, 0.1) is 0 Å². The average molecular weight is 391 g/mol. The third-order valence-corrected chi connectivity index (χ3v) is 4.94. The van der Waals surface area contributed by atoms with E-state index in [1.54, 1.807) is 11.3 Å². The second-order valence-corrected chi connectivity index (χ2v) is 6.81. The van der Waals surface area contributed by atoms with Crippen molar-refractivity contribution in [2.24, 2.45) is 0 Å². The first-order chi connectivity index (χ1) is 10.7. The molecule has 1 fully saturated rings. The Kier molecular flexibility index (Phi) is 8.94. The minimum atomic E-state index is 0. The van der Waals surface area contributed by atoms with Crippen molar-refractivity contribution >= 4 is 52.3 Å². The summed E-state index contributed by atoms with van der Waals surface area (Å²) in [5.74, 6) is 0.262. The third-order valence-electron chi connectivity index (χ3n) is 3.92. The lowest BCUT2D eigenvalue weighted by Gasteiger charge is -2.28. The van der Waals surface area contributed by atoms with E-state index >= 15 is 0 Å². The number of hydrogen-bond acceptors (Lipinski definition) is 5. The number of carbonyl (C=O) groups excluding carboxylic acids is 1. The number of hydrogen-bond donors (Lipinski definition) is 1. The summed E-state index contributed by atoms with van der Waals surface area (Å²) in [6, 6.07) is 8.20. The SMILES string of the molecule is CN(CCC(=O)N1CCNCC1)Cc1nc2ccccc2s1.Cl.Cl. The Morgan fingerprint density at radius 1 is 1.29 bits per heavy atom. The molecule has 134 valence electrons. The summed E-state index contributed by atoms with van der Waals surface area (Å²) in [6.07, 6.45) is 0.585. The Hall–Kier alpha value is -0.920. The molecule has 0 spiro atoms. The number of benzene rings is 1. The molecule has 1 aromatic carbocycles. The molecule has 24 heavy (non-hydrogen) atoms. The fourth-order valence-electron chi connectivity index (χ4n) is 2.66. The molecular weight excluding hydrogens is 367 g/mol. The minimum absolute atomic E-state index is 0. The van der Waals surface area contributed by atoms with Gasteiger partial charge in [0.15, 0.2) is 0 Å². The molecule has 5 nitrogen and oxygen atoms in total. The third kappa shape index (κ3) is 5.57. The van der Waals surface area contributed by atoms with Crippen molar-refractivity contribution < 1.29 is 4.79 Å². The number of aromatic nitrogens is 1. The molecule has 0 aliphatic carbocycles. The molecule has 2 heterocycles. The van der Waals surface area contributed by atoms with Gasteiger partial charge in [-0.25, -0.2) is 4.98 Å². The molecule has 0 bridgehead atoms. The van der Waals surface area contributed by atoms with Crippen LogP contribution in [0.5, 0.6) is 0 Å². The number of carbonyl (C=O) groups is 1.